The number of nitrogens with zero attached hydrogens (tertiary/aromatic N) is 2. The van der Waals surface area contributed by atoms with Gasteiger partial charge in [0, 0.05) is 19.2 Å². The molecule has 11 nitrogen and oxygen atoms in total. The predicted molar refractivity (Wildman–Crippen MR) is 105 cm³/mol. The lowest BCUT2D eigenvalue weighted by Gasteiger charge is -2.21. The highest BCUT2D eigenvalue weighted by Gasteiger charge is 2.33. The predicted octanol–water partition coefficient (Wildman–Crippen LogP) is -0.492. The van der Waals surface area contributed by atoms with Crippen molar-refractivity contribution < 1.29 is 34.6 Å². The molecule has 1 saturated heterocycles. The van der Waals surface area contributed by atoms with Gasteiger partial charge in [0.2, 0.25) is 5.91 Å². The molecular weight excluding hydrogens is 395 g/mol. The first kappa shape index (κ1) is 21.6. The van der Waals surface area contributed by atoms with Crippen molar-refractivity contribution in [1.82, 2.24) is 14.9 Å². The van der Waals surface area contributed by atoms with E-state index in [1.165, 1.54) is 23.4 Å². The van der Waals surface area contributed by atoms with Crippen LogP contribution in [0.25, 0.3) is 0 Å². The fourth-order valence-electron chi connectivity index (χ4n) is 3.38. The van der Waals surface area contributed by atoms with Crippen molar-refractivity contribution in [2.24, 2.45) is 5.73 Å². The number of ether oxygens (including phenoxy) is 1. The van der Waals surface area contributed by atoms with Crippen molar-refractivity contribution in [3.05, 3.63) is 41.5 Å². The molecule has 7 N–H and O–H groups in total. The Morgan fingerprint density at radius 2 is 2.17 bits per heavy atom. The van der Waals surface area contributed by atoms with Gasteiger partial charge in [-0.25, -0.2) is 9.78 Å². The zero-order valence-electron chi connectivity index (χ0n) is 16.1. The van der Waals surface area contributed by atoms with E-state index in [0.29, 0.717) is 18.7 Å². The molecule has 1 aliphatic rings. The van der Waals surface area contributed by atoms with Gasteiger partial charge in [-0.05, 0) is 24.4 Å². The number of aromatic amines is 1. The number of imidazole rings is 1. The number of benzene rings is 1. The number of carbonyl (C=O) groups is 2. The Hall–Kier alpha value is -3.09. The molecule has 0 aliphatic carbocycles. The maximum atomic E-state index is 12.6. The zero-order valence-corrected chi connectivity index (χ0v) is 16.1. The monoisotopic (exact) mass is 418 g/mol. The summed E-state index contributed by atoms with van der Waals surface area (Å²) in [6, 6.07) is 1.99. The molecule has 1 aromatic heterocycles. The lowest BCUT2D eigenvalue weighted by molar-refractivity contribution is -0.132. The van der Waals surface area contributed by atoms with Gasteiger partial charge in [0.1, 0.15) is 29.2 Å². The van der Waals surface area contributed by atoms with Crippen LogP contribution in [-0.4, -0.2) is 73.3 Å². The summed E-state index contributed by atoms with van der Waals surface area (Å²) in [4.78, 5) is 32.5. The van der Waals surface area contributed by atoms with E-state index >= 15 is 0 Å². The van der Waals surface area contributed by atoms with Gasteiger partial charge in [0.15, 0.2) is 0 Å². The highest BCUT2D eigenvalue weighted by atomic mass is 16.5. The van der Waals surface area contributed by atoms with Crippen LogP contribution in [0.2, 0.25) is 6.32 Å². The molecule has 1 aliphatic heterocycles. The van der Waals surface area contributed by atoms with Gasteiger partial charge in [-0.1, -0.05) is 6.07 Å². The zero-order chi connectivity index (χ0) is 21.8. The molecule has 160 valence electrons. The number of carbonyl (C=O) groups excluding carboxylic acids is 1. The summed E-state index contributed by atoms with van der Waals surface area (Å²) in [6.07, 6.45) is 3.01. The number of hydrogen-bond acceptors (Lipinski definition) is 8. The first-order valence-electron chi connectivity index (χ1n) is 9.42. The second-order valence-electron chi connectivity index (χ2n) is 7.06. The molecule has 30 heavy (non-hydrogen) atoms. The number of amides is 1. The van der Waals surface area contributed by atoms with Crippen molar-refractivity contribution in [2.75, 3.05) is 13.1 Å². The minimum absolute atomic E-state index is 0.0239. The van der Waals surface area contributed by atoms with Gasteiger partial charge >= 0.3 is 13.1 Å². The van der Waals surface area contributed by atoms with Crippen LogP contribution in [0.5, 0.6) is 11.5 Å². The first-order valence-corrected chi connectivity index (χ1v) is 9.42. The first-order chi connectivity index (χ1) is 14.3. The van der Waals surface area contributed by atoms with Crippen LogP contribution in [0, 0.1) is 0 Å². The normalized spacial score (nSPS) is 17.0. The number of phenols is 1. The lowest BCUT2D eigenvalue weighted by atomic mass is 9.82. The maximum absolute atomic E-state index is 12.6. The van der Waals surface area contributed by atoms with E-state index in [4.69, 9.17) is 20.5 Å². The molecule has 0 spiro atoms. The van der Waals surface area contributed by atoms with Crippen LogP contribution in [0.15, 0.2) is 24.7 Å². The largest absolute Gasteiger partial charge is 0.507 e. The molecule has 2 heterocycles. The van der Waals surface area contributed by atoms with Gasteiger partial charge in [0.05, 0.1) is 18.6 Å². The van der Waals surface area contributed by atoms with Gasteiger partial charge in [-0.2, -0.15) is 0 Å². The molecule has 12 heteroatoms. The van der Waals surface area contributed by atoms with Crippen LogP contribution in [0.4, 0.5) is 0 Å². The SMILES string of the molecule is NC(C(=O)N1CC[C@@H](Oc2ccc(CCB(O)O)c(O)c2C(=O)O)C1)c1c[nH]cn1. The van der Waals surface area contributed by atoms with Crippen molar-refractivity contribution in [3.8, 4) is 11.5 Å². The number of aromatic hydroxyl groups is 1. The number of nitrogens with one attached hydrogen (secondary N) is 1. The van der Waals surface area contributed by atoms with Gasteiger partial charge in [0.25, 0.3) is 0 Å². The Balaban J connectivity index is 1.70. The summed E-state index contributed by atoms with van der Waals surface area (Å²) in [6.45, 7) is 0.609. The Kier molecular flexibility index (Phi) is 6.60. The second kappa shape index (κ2) is 9.16. The summed E-state index contributed by atoms with van der Waals surface area (Å²) in [5, 5.41) is 37.8. The van der Waals surface area contributed by atoms with Crippen LogP contribution in [-0.2, 0) is 11.2 Å². The molecule has 2 aromatic rings. The molecule has 0 saturated carbocycles. The summed E-state index contributed by atoms with van der Waals surface area (Å²) in [5.41, 5.74) is 6.23. The second-order valence-corrected chi connectivity index (χ2v) is 7.06. The third-order valence-electron chi connectivity index (χ3n) is 4.96. The molecule has 1 unspecified atom stereocenters. The summed E-state index contributed by atoms with van der Waals surface area (Å²) < 4.78 is 5.78. The standard InChI is InChI=1S/C18H23BN4O7/c20-15(12-7-21-9-22-12)17(25)23-6-4-11(8-23)30-13-2-1-10(3-5-19(28)29)16(24)14(13)18(26)27/h1-2,7,9,11,15,24,28-29H,3-6,8,20H2,(H,21,22)(H,26,27)/t11-,15?/m1/s1. The smallest absolute Gasteiger partial charge is 0.451 e. The van der Waals surface area contributed by atoms with E-state index in [1.807, 2.05) is 0 Å². The summed E-state index contributed by atoms with van der Waals surface area (Å²) in [7, 11) is -1.57. The highest BCUT2D eigenvalue weighted by Crippen LogP contribution is 2.34. The molecule has 1 aromatic carbocycles. The molecule has 0 radical (unpaired) electrons. The molecule has 3 rings (SSSR count). The number of rotatable bonds is 8. The van der Waals surface area contributed by atoms with Crippen LogP contribution >= 0.6 is 0 Å². The minimum Gasteiger partial charge on any atom is -0.507 e. The van der Waals surface area contributed by atoms with Crippen LogP contribution in [0.1, 0.15) is 34.1 Å². The Morgan fingerprint density at radius 1 is 1.40 bits per heavy atom. The van der Waals surface area contributed by atoms with Gasteiger partial charge in [-0.15, -0.1) is 0 Å². The summed E-state index contributed by atoms with van der Waals surface area (Å²) >= 11 is 0. The fourth-order valence-corrected chi connectivity index (χ4v) is 3.38. The lowest BCUT2D eigenvalue weighted by Crippen LogP contribution is -2.38. The quantitative estimate of drug-likeness (QED) is 0.308. The van der Waals surface area contributed by atoms with Crippen LogP contribution in [0.3, 0.4) is 0 Å². The maximum Gasteiger partial charge on any atom is 0.451 e. The van der Waals surface area contributed by atoms with Crippen LogP contribution < -0.4 is 10.5 Å². The van der Waals surface area contributed by atoms with E-state index in [1.54, 1.807) is 6.20 Å². The van der Waals surface area contributed by atoms with Gasteiger partial charge < -0.3 is 40.6 Å². The number of nitrogens with two attached hydrogens (primary N) is 1. The number of aryl methyl sites for hydroxylation is 1. The highest BCUT2D eigenvalue weighted by molar-refractivity contribution is 6.41. The van der Waals surface area contributed by atoms with E-state index < -0.39 is 36.5 Å². The average molecular weight is 418 g/mol. The van der Waals surface area contributed by atoms with Crippen molar-refractivity contribution in [2.45, 2.75) is 31.3 Å². The molecule has 0 bridgehead atoms. The number of carboxylic acid groups (broad SMARTS) is 1. The van der Waals surface area contributed by atoms with Crippen molar-refractivity contribution >= 4 is 19.0 Å². The Labute approximate surface area is 172 Å². The number of aromatic carboxylic acids is 1. The number of carboxylic acids is 1. The number of hydrogen-bond donors (Lipinski definition) is 6. The third kappa shape index (κ3) is 4.73. The topological polar surface area (TPSA) is 182 Å². The van der Waals surface area contributed by atoms with E-state index in [2.05, 4.69) is 9.97 Å². The summed E-state index contributed by atoms with van der Waals surface area (Å²) in [5.74, 6) is -2.19. The third-order valence-corrected chi connectivity index (χ3v) is 4.96. The molecule has 1 amide bonds. The minimum atomic E-state index is -1.57. The number of H-pyrrole nitrogens is 1. The van der Waals surface area contributed by atoms with E-state index in [9.17, 15) is 19.8 Å². The Morgan fingerprint density at radius 3 is 2.80 bits per heavy atom. The molecule has 1 fully saturated rings. The molecule has 2 atom stereocenters. The molecular formula is C18H23BN4O7. The van der Waals surface area contributed by atoms with Crippen molar-refractivity contribution in [1.29, 1.82) is 0 Å². The van der Waals surface area contributed by atoms with E-state index in [0.717, 1.165) is 0 Å². The Bertz CT molecular complexity index is 906. The van der Waals surface area contributed by atoms with Gasteiger partial charge in [-0.3, -0.25) is 4.79 Å². The van der Waals surface area contributed by atoms with E-state index in [-0.39, 0.29) is 36.5 Å². The fraction of sp³-hybridized carbons (Fsp3) is 0.389. The van der Waals surface area contributed by atoms with Crippen molar-refractivity contribution in [3.63, 3.8) is 0 Å². The number of likely N-dealkylation sites (tertiary alicyclic amines) is 1. The average Bonchev–Trinajstić information content (AvgIpc) is 3.38. The number of aromatic nitrogens is 2.